The second-order valence-corrected chi connectivity index (χ2v) is 10.7. The molecule has 0 bridgehead atoms. The van der Waals surface area contributed by atoms with E-state index in [9.17, 15) is 13.2 Å². The van der Waals surface area contributed by atoms with Crippen LogP contribution in [0.25, 0.3) is 10.8 Å². The number of sulfonamides is 1. The molecule has 0 saturated heterocycles. The van der Waals surface area contributed by atoms with Gasteiger partial charge in [-0.25, -0.2) is 8.42 Å². The molecule has 0 spiro atoms. The van der Waals surface area contributed by atoms with Gasteiger partial charge in [0.05, 0.1) is 10.6 Å². The highest BCUT2D eigenvalue weighted by molar-refractivity contribution is 7.98. The number of carbonyl (C=O) groups excluding carboxylic acids is 1. The summed E-state index contributed by atoms with van der Waals surface area (Å²) in [6, 6.07) is 18.7. The largest absolute Gasteiger partial charge is 0.355 e. The molecule has 31 heavy (non-hydrogen) atoms. The summed E-state index contributed by atoms with van der Waals surface area (Å²) < 4.78 is 27.3. The molecule has 3 aromatic carbocycles. The molecule has 5 nitrogen and oxygen atoms in total. The Balaban J connectivity index is 1.23. The highest BCUT2D eigenvalue weighted by atomic mass is 35.5. The Morgan fingerprint density at radius 2 is 1.84 bits per heavy atom. The smallest absolute Gasteiger partial charge is 0.265 e. The van der Waals surface area contributed by atoms with Gasteiger partial charge in [0.2, 0.25) is 5.91 Å². The van der Waals surface area contributed by atoms with Crippen molar-refractivity contribution < 1.29 is 13.2 Å². The van der Waals surface area contributed by atoms with Crippen molar-refractivity contribution >= 4 is 55.8 Å². The average molecular weight is 475 g/mol. The van der Waals surface area contributed by atoms with Crippen molar-refractivity contribution in [2.24, 2.45) is 0 Å². The van der Waals surface area contributed by atoms with E-state index in [1.807, 2.05) is 48.5 Å². The van der Waals surface area contributed by atoms with Crippen molar-refractivity contribution in [3.05, 3.63) is 71.2 Å². The van der Waals surface area contributed by atoms with Gasteiger partial charge in [-0.2, -0.15) is 11.8 Å². The fraction of sp³-hybridized carbons (Fsp3) is 0.261. The number of nitrogens with one attached hydrogen (secondary N) is 1. The molecule has 0 saturated carbocycles. The summed E-state index contributed by atoms with van der Waals surface area (Å²) in [6.45, 7) is 0.865. The Morgan fingerprint density at radius 3 is 2.65 bits per heavy atom. The number of anilines is 1. The van der Waals surface area contributed by atoms with E-state index < -0.39 is 10.0 Å². The van der Waals surface area contributed by atoms with Gasteiger partial charge in [0.15, 0.2) is 0 Å². The van der Waals surface area contributed by atoms with Gasteiger partial charge in [0, 0.05) is 41.4 Å². The minimum Gasteiger partial charge on any atom is -0.355 e. The van der Waals surface area contributed by atoms with E-state index in [2.05, 4.69) is 5.32 Å². The summed E-state index contributed by atoms with van der Waals surface area (Å²) in [4.78, 5) is 12.5. The molecule has 1 amide bonds. The maximum atomic E-state index is 12.9. The summed E-state index contributed by atoms with van der Waals surface area (Å²) in [5.74, 6) is 1.58. The summed E-state index contributed by atoms with van der Waals surface area (Å²) in [6.07, 6.45) is 0.752. The number of rotatable bonds is 9. The van der Waals surface area contributed by atoms with E-state index >= 15 is 0 Å². The molecule has 0 aliphatic carbocycles. The third kappa shape index (κ3) is 4.84. The normalized spacial score (nSPS) is 14.2. The minimum absolute atomic E-state index is 0.0596. The zero-order valence-corrected chi connectivity index (χ0v) is 19.3. The number of carbonyl (C=O) groups is 1. The number of nitrogens with zero attached hydrogens (tertiary/aromatic N) is 1. The summed E-state index contributed by atoms with van der Waals surface area (Å²) >= 11 is 7.71. The topological polar surface area (TPSA) is 66.5 Å². The Morgan fingerprint density at radius 1 is 1.06 bits per heavy atom. The predicted octanol–water partition coefficient (Wildman–Crippen LogP) is 4.83. The predicted molar refractivity (Wildman–Crippen MR) is 128 cm³/mol. The van der Waals surface area contributed by atoms with Crippen LogP contribution in [0.4, 0.5) is 5.69 Å². The molecule has 0 fully saturated rings. The maximum absolute atomic E-state index is 12.9. The van der Waals surface area contributed by atoms with Crippen molar-refractivity contribution in [1.82, 2.24) is 5.32 Å². The van der Waals surface area contributed by atoms with Gasteiger partial charge >= 0.3 is 0 Å². The number of hydrogen-bond acceptors (Lipinski definition) is 4. The molecule has 0 atom stereocenters. The second kappa shape index (κ2) is 9.51. The van der Waals surface area contributed by atoms with Crippen LogP contribution in [0, 0.1) is 0 Å². The minimum atomic E-state index is -3.56. The molecule has 1 N–H and O–H groups in total. The van der Waals surface area contributed by atoms with Crippen LogP contribution in [0.2, 0.25) is 5.02 Å². The molecule has 1 aliphatic rings. The van der Waals surface area contributed by atoms with E-state index in [0.29, 0.717) is 23.5 Å². The summed E-state index contributed by atoms with van der Waals surface area (Å²) in [5.41, 5.74) is 1.86. The lowest BCUT2D eigenvalue weighted by Gasteiger charge is -2.18. The Kier molecular flexibility index (Phi) is 6.74. The van der Waals surface area contributed by atoms with Crippen LogP contribution in [-0.4, -0.2) is 33.2 Å². The first-order chi connectivity index (χ1) is 15.0. The van der Waals surface area contributed by atoms with Gasteiger partial charge < -0.3 is 5.32 Å². The molecule has 0 radical (unpaired) electrons. The van der Waals surface area contributed by atoms with Crippen molar-refractivity contribution in [3.8, 4) is 0 Å². The van der Waals surface area contributed by atoms with Gasteiger partial charge in [-0.3, -0.25) is 9.10 Å². The summed E-state index contributed by atoms with van der Waals surface area (Å²) in [5, 5.41) is 5.32. The molecule has 4 rings (SSSR count). The average Bonchev–Trinajstić information content (AvgIpc) is 2.97. The molecule has 1 aliphatic heterocycles. The Bertz CT molecular complexity index is 1210. The lowest BCUT2D eigenvalue weighted by atomic mass is 10.1. The zero-order chi connectivity index (χ0) is 21.8. The third-order valence-electron chi connectivity index (χ3n) is 5.17. The SMILES string of the molecule is O=C(CCCN1c2cccc3cccc(c23)S1(=O)=O)NCCSCc1cccc(Cl)c1. The van der Waals surface area contributed by atoms with E-state index in [0.717, 1.165) is 32.9 Å². The first-order valence-electron chi connectivity index (χ1n) is 10.1. The quantitative estimate of drug-likeness (QED) is 0.451. The molecular weight excluding hydrogens is 452 g/mol. The molecule has 3 aromatic rings. The first kappa shape index (κ1) is 22.0. The van der Waals surface area contributed by atoms with Crippen molar-refractivity contribution in [1.29, 1.82) is 0 Å². The van der Waals surface area contributed by atoms with Crippen molar-refractivity contribution in [2.75, 3.05) is 23.1 Å². The maximum Gasteiger partial charge on any atom is 0.265 e. The van der Waals surface area contributed by atoms with Crippen LogP contribution >= 0.6 is 23.4 Å². The van der Waals surface area contributed by atoms with E-state index in [4.69, 9.17) is 11.6 Å². The second-order valence-electron chi connectivity index (χ2n) is 7.34. The van der Waals surface area contributed by atoms with Crippen LogP contribution in [0.3, 0.4) is 0 Å². The number of hydrogen-bond donors (Lipinski definition) is 1. The highest BCUT2D eigenvalue weighted by Crippen LogP contribution is 2.41. The van der Waals surface area contributed by atoms with Crippen LogP contribution in [0.15, 0.2) is 65.6 Å². The number of amides is 1. The first-order valence-corrected chi connectivity index (χ1v) is 13.1. The Labute approximate surface area is 191 Å². The third-order valence-corrected chi connectivity index (χ3v) is 8.29. The molecule has 162 valence electrons. The molecule has 0 aromatic heterocycles. The zero-order valence-electron chi connectivity index (χ0n) is 16.9. The number of thioether (sulfide) groups is 1. The fourth-order valence-corrected chi connectivity index (χ4v) is 6.52. The van der Waals surface area contributed by atoms with Crippen LogP contribution < -0.4 is 9.62 Å². The lowest BCUT2D eigenvalue weighted by Crippen LogP contribution is -2.30. The highest BCUT2D eigenvalue weighted by Gasteiger charge is 2.34. The van der Waals surface area contributed by atoms with Gasteiger partial charge in [0.25, 0.3) is 10.0 Å². The summed E-state index contributed by atoms with van der Waals surface area (Å²) in [7, 11) is -3.56. The van der Waals surface area contributed by atoms with Gasteiger partial charge in [0.1, 0.15) is 0 Å². The van der Waals surface area contributed by atoms with E-state index in [1.165, 1.54) is 4.31 Å². The van der Waals surface area contributed by atoms with E-state index in [-0.39, 0.29) is 18.9 Å². The molecule has 1 heterocycles. The van der Waals surface area contributed by atoms with Crippen LogP contribution in [0.1, 0.15) is 18.4 Å². The monoisotopic (exact) mass is 474 g/mol. The number of halogens is 1. The Hall–Kier alpha value is -2.22. The van der Waals surface area contributed by atoms with Crippen LogP contribution in [0.5, 0.6) is 0 Å². The van der Waals surface area contributed by atoms with Gasteiger partial charge in [-0.1, -0.05) is 48.0 Å². The standard InChI is InChI=1S/C23H23ClN2O3S2/c24-19-8-1-5-17(15-19)16-30-14-12-25-22(27)11-4-13-26-20-9-2-6-18-7-3-10-21(23(18)20)31(26,28)29/h1-3,5-10,15H,4,11-14,16H2,(H,25,27). The van der Waals surface area contributed by atoms with Crippen molar-refractivity contribution in [2.45, 2.75) is 23.5 Å². The molecule has 8 heteroatoms. The van der Waals surface area contributed by atoms with E-state index in [1.54, 1.807) is 23.9 Å². The van der Waals surface area contributed by atoms with Crippen LogP contribution in [-0.2, 0) is 20.6 Å². The molecule has 0 unspecified atom stereocenters. The van der Waals surface area contributed by atoms with Crippen molar-refractivity contribution in [3.63, 3.8) is 0 Å². The van der Waals surface area contributed by atoms with Gasteiger partial charge in [-0.15, -0.1) is 0 Å². The lowest BCUT2D eigenvalue weighted by molar-refractivity contribution is -0.121. The number of benzene rings is 3. The fourth-order valence-electron chi connectivity index (χ4n) is 3.75. The molecular formula is C23H23ClN2O3S2. The van der Waals surface area contributed by atoms with Gasteiger partial charge in [-0.05, 0) is 41.6 Å².